The normalized spacial score (nSPS) is 13.9. The molecule has 0 aliphatic heterocycles. The first-order valence-corrected chi connectivity index (χ1v) is 5.54. The van der Waals surface area contributed by atoms with Crippen LogP contribution in [0.5, 0.6) is 0 Å². The molecule has 0 aromatic rings. The fraction of sp³-hybridized carbons (Fsp3) is 0.143. The smallest absolute Gasteiger partial charge is 0.331 e. The number of nitrogens with zero attached hydrogens (tertiary/aromatic N) is 2. The molecule has 0 amide bonds. The number of carbonyl (C=O) groups is 2. The fourth-order valence-corrected chi connectivity index (χ4v) is 1.09. The van der Waals surface area contributed by atoms with Gasteiger partial charge in [0.2, 0.25) is 0 Å². The molecule has 0 bridgehead atoms. The van der Waals surface area contributed by atoms with Crippen LogP contribution in [0, 0.1) is 0 Å². The summed E-state index contributed by atoms with van der Waals surface area (Å²) in [7, 11) is 0. The molecule has 2 N–H and O–H groups in total. The summed E-state index contributed by atoms with van der Waals surface area (Å²) in [6.07, 6.45) is 4.98. The van der Waals surface area contributed by atoms with Gasteiger partial charge >= 0.3 is 11.9 Å². The summed E-state index contributed by atoms with van der Waals surface area (Å²) in [5.41, 5.74) is 0.424. The molecule has 0 aliphatic carbocycles. The Kier molecular flexibility index (Phi) is 7.21. The molecule has 106 valence electrons. The average Bonchev–Trinajstić information content (AvgIpc) is 2.37. The second-order valence-electron chi connectivity index (χ2n) is 3.66. The van der Waals surface area contributed by atoms with Crippen molar-refractivity contribution in [3.8, 4) is 0 Å². The van der Waals surface area contributed by atoms with Crippen LogP contribution in [0.1, 0.15) is 13.8 Å². The van der Waals surface area contributed by atoms with Crippen molar-refractivity contribution in [1.29, 1.82) is 0 Å². The molecule has 0 aliphatic rings. The van der Waals surface area contributed by atoms with E-state index in [9.17, 15) is 9.59 Å². The van der Waals surface area contributed by atoms with E-state index in [1.807, 2.05) is 0 Å². The number of aliphatic imine (C=N–C) groups is 2. The number of carboxylic acid groups (broad SMARTS) is 2. The summed E-state index contributed by atoms with van der Waals surface area (Å²) in [5, 5.41) is 17.7. The van der Waals surface area contributed by atoms with Gasteiger partial charge in [-0.1, -0.05) is 13.2 Å². The van der Waals surface area contributed by atoms with Crippen LogP contribution in [-0.4, -0.2) is 33.6 Å². The molecule has 0 unspecified atom stereocenters. The molecule has 0 saturated heterocycles. The minimum atomic E-state index is -1.11. The molecular weight excluding hydrogens is 260 g/mol. The van der Waals surface area contributed by atoms with Crippen LogP contribution < -0.4 is 0 Å². The lowest BCUT2D eigenvalue weighted by atomic mass is 10.1. The number of allylic oxidation sites excluding steroid dienone is 2. The first kappa shape index (κ1) is 17.2. The summed E-state index contributed by atoms with van der Waals surface area (Å²) < 4.78 is 0. The minimum Gasteiger partial charge on any atom is -0.478 e. The minimum absolute atomic E-state index is 0.0312. The van der Waals surface area contributed by atoms with Gasteiger partial charge in [-0.3, -0.25) is 9.98 Å². The maximum absolute atomic E-state index is 10.8. The molecule has 0 spiro atoms. The predicted octanol–water partition coefficient (Wildman–Crippen LogP) is 2.22. The third-order valence-corrected chi connectivity index (χ3v) is 2.10. The molecule has 20 heavy (non-hydrogen) atoms. The van der Waals surface area contributed by atoms with Crippen molar-refractivity contribution < 1.29 is 19.8 Å². The number of hydrogen-bond acceptors (Lipinski definition) is 4. The molecule has 0 atom stereocenters. The van der Waals surface area contributed by atoms with Gasteiger partial charge in [0.05, 0.1) is 11.4 Å². The summed E-state index contributed by atoms with van der Waals surface area (Å²) in [6.45, 7) is 9.63. The molecule has 6 heteroatoms. The Hall–Kier alpha value is -2.76. The molecular formula is C14H16N2O4. The van der Waals surface area contributed by atoms with Crippen LogP contribution in [0.15, 0.2) is 58.8 Å². The largest absolute Gasteiger partial charge is 0.478 e. The van der Waals surface area contributed by atoms with Crippen molar-refractivity contribution in [3.63, 3.8) is 0 Å². The van der Waals surface area contributed by atoms with Gasteiger partial charge in [-0.15, -0.1) is 0 Å². The van der Waals surface area contributed by atoms with Gasteiger partial charge in [0.15, 0.2) is 0 Å². The molecule has 0 aromatic carbocycles. The molecule has 0 fully saturated rings. The lowest BCUT2D eigenvalue weighted by molar-refractivity contribution is -0.133. The number of hydrogen-bond donors (Lipinski definition) is 2. The van der Waals surface area contributed by atoms with E-state index >= 15 is 0 Å². The Bertz CT molecular complexity index is 502. The zero-order chi connectivity index (χ0) is 15.7. The Morgan fingerprint density at radius 3 is 1.35 bits per heavy atom. The van der Waals surface area contributed by atoms with E-state index in [-0.39, 0.29) is 22.6 Å². The van der Waals surface area contributed by atoms with Crippen molar-refractivity contribution in [1.82, 2.24) is 0 Å². The van der Waals surface area contributed by atoms with Crippen LogP contribution in [0.3, 0.4) is 0 Å². The van der Waals surface area contributed by atoms with Gasteiger partial charge in [-0.05, 0) is 26.0 Å². The number of carboxylic acids is 2. The predicted molar refractivity (Wildman–Crippen MR) is 78.0 cm³/mol. The molecule has 0 radical (unpaired) electrons. The monoisotopic (exact) mass is 276 g/mol. The zero-order valence-corrected chi connectivity index (χ0v) is 11.3. The maximum Gasteiger partial charge on any atom is 0.331 e. The Morgan fingerprint density at radius 2 is 1.15 bits per heavy atom. The average molecular weight is 276 g/mol. The van der Waals surface area contributed by atoms with Gasteiger partial charge < -0.3 is 10.2 Å². The molecule has 0 aromatic heterocycles. The van der Waals surface area contributed by atoms with Crippen LogP contribution in [0.2, 0.25) is 0 Å². The second kappa shape index (κ2) is 8.36. The second-order valence-corrected chi connectivity index (χ2v) is 3.66. The van der Waals surface area contributed by atoms with Gasteiger partial charge in [-0.25, -0.2) is 9.59 Å². The van der Waals surface area contributed by atoms with Crippen LogP contribution in [-0.2, 0) is 9.59 Å². The van der Waals surface area contributed by atoms with Crippen molar-refractivity contribution in [3.05, 3.63) is 48.9 Å². The van der Waals surface area contributed by atoms with E-state index in [0.29, 0.717) is 0 Å². The van der Waals surface area contributed by atoms with Crippen molar-refractivity contribution in [2.24, 2.45) is 9.98 Å². The highest BCUT2D eigenvalue weighted by atomic mass is 16.4. The highest BCUT2D eigenvalue weighted by molar-refractivity contribution is 6.51. The van der Waals surface area contributed by atoms with Gasteiger partial charge in [0.1, 0.15) is 0 Å². The summed E-state index contributed by atoms with van der Waals surface area (Å²) in [4.78, 5) is 29.5. The van der Waals surface area contributed by atoms with Gasteiger partial charge in [0, 0.05) is 23.5 Å². The van der Waals surface area contributed by atoms with E-state index in [1.165, 1.54) is 38.4 Å². The van der Waals surface area contributed by atoms with E-state index in [1.54, 1.807) is 0 Å². The lowest BCUT2D eigenvalue weighted by Gasteiger charge is -2.03. The lowest BCUT2D eigenvalue weighted by Crippen LogP contribution is -2.13. The summed E-state index contributed by atoms with van der Waals surface area (Å²) in [6, 6.07) is 0. The van der Waals surface area contributed by atoms with Crippen LogP contribution in [0.25, 0.3) is 0 Å². The topological polar surface area (TPSA) is 99.3 Å². The van der Waals surface area contributed by atoms with Crippen molar-refractivity contribution in [2.75, 3.05) is 0 Å². The number of rotatable bonds is 7. The third kappa shape index (κ3) is 5.72. The number of aliphatic carboxylic acids is 2. The molecule has 0 rings (SSSR count). The highest BCUT2D eigenvalue weighted by Gasteiger charge is 2.09. The molecule has 0 saturated carbocycles. The Morgan fingerprint density at radius 1 is 0.850 bits per heavy atom. The quantitative estimate of drug-likeness (QED) is 0.550. The van der Waals surface area contributed by atoms with Crippen molar-refractivity contribution in [2.45, 2.75) is 13.8 Å². The van der Waals surface area contributed by atoms with E-state index in [4.69, 9.17) is 10.2 Å². The molecule has 6 nitrogen and oxygen atoms in total. The zero-order valence-electron chi connectivity index (χ0n) is 11.3. The Labute approximate surface area is 116 Å². The SMILES string of the molecule is C=CN=C(/C=C(\C)C(=O)O)C(/C=C(\C)C(=O)O)=NC=C. The standard InChI is InChI=1S/C14H16N2O4/c1-5-15-11(7-9(3)13(17)18)12(16-6-2)8-10(4)14(19)20/h5-8H,1-2H2,3-4H3,(H,17,18)(H,19,20)/b9-7+,10-8+,15-11?,16-12?. The Balaban J connectivity index is 5.86. The van der Waals surface area contributed by atoms with Crippen LogP contribution in [0.4, 0.5) is 0 Å². The van der Waals surface area contributed by atoms with E-state index in [0.717, 1.165) is 0 Å². The maximum atomic E-state index is 10.8. The van der Waals surface area contributed by atoms with E-state index in [2.05, 4.69) is 23.1 Å². The first-order valence-electron chi connectivity index (χ1n) is 5.54. The fourth-order valence-electron chi connectivity index (χ4n) is 1.09. The van der Waals surface area contributed by atoms with Crippen molar-refractivity contribution >= 4 is 23.4 Å². The van der Waals surface area contributed by atoms with Gasteiger partial charge in [0.25, 0.3) is 0 Å². The summed E-state index contributed by atoms with van der Waals surface area (Å²) in [5.74, 6) is -2.22. The van der Waals surface area contributed by atoms with Gasteiger partial charge in [-0.2, -0.15) is 0 Å². The van der Waals surface area contributed by atoms with E-state index < -0.39 is 11.9 Å². The third-order valence-electron chi connectivity index (χ3n) is 2.10. The first-order chi connectivity index (χ1) is 9.33. The highest BCUT2D eigenvalue weighted by Crippen LogP contribution is 2.02. The van der Waals surface area contributed by atoms with Crippen LogP contribution >= 0.6 is 0 Å². The summed E-state index contributed by atoms with van der Waals surface area (Å²) >= 11 is 0. The molecule has 0 heterocycles.